The number of hydrogen-bond acceptors (Lipinski definition) is 7. The van der Waals surface area contributed by atoms with Crippen molar-refractivity contribution in [2.24, 2.45) is 0 Å². The molecule has 28 heavy (non-hydrogen) atoms. The zero-order valence-electron chi connectivity index (χ0n) is 15.9. The summed E-state index contributed by atoms with van der Waals surface area (Å²) >= 11 is 6.65. The minimum atomic E-state index is -0.196. The Morgan fingerprint density at radius 1 is 1.11 bits per heavy atom. The highest BCUT2D eigenvalue weighted by Gasteiger charge is 2.33. The number of anilines is 2. The quantitative estimate of drug-likeness (QED) is 0.586. The molecule has 146 valence electrons. The average molecular weight is 417 g/mol. The fraction of sp³-hybridized carbons (Fsp3) is 0.200. The molecule has 1 aliphatic rings. The first-order valence-electron chi connectivity index (χ1n) is 8.36. The second kappa shape index (κ2) is 8.12. The summed E-state index contributed by atoms with van der Waals surface area (Å²) in [5.41, 5.74) is 2.42. The van der Waals surface area contributed by atoms with Gasteiger partial charge >= 0.3 is 0 Å². The van der Waals surface area contributed by atoms with Gasteiger partial charge in [0.25, 0.3) is 5.91 Å². The lowest BCUT2D eigenvalue weighted by molar-refractivity contribution is -0.113. The Kier molecular flexibility index (Phi) is 5.81. The van der Waals surface area contributed by atoms with E-state index in [2.05, 4.69) is 0 Å². The van der Waals surface area contributed by atoms with Crippen LogP contribution >= 0.6 is 24.0 Å². The van der Waals surface area contributed by atoms with Gasteiger partial charge in [-0.1, -0.05) is 24.0 Å². The predicted octanol–water partition coefficient (Wildman–Crippen LogP) is 3.88. The summed E-state index contributed by atoms with van der Waals surface area (Å²) in [6.07, 6.45) is 1.71. The molecule has 3 rings (SSSR count). The maximum absolute atomic E-state index is 12.9. The highest BCUT2D eigenvalue weighted by molar-refractivity contribution is 8.27. The van der Waals surface area contributed by atoms with Crippen molar-refractivity contribution >= 4 is 51.7 Å². The first-order valence-corrected chi connectivity index (χ1v) is 9.58. The summed E-state index contributed by atoms with van der Waals surface area (Å²) in [5.74, 6) is 0.245. The Balaban J connectivity index is 1.93. The van der Waals surface area contributed by atoms with E-state index >= 15 is 0 Å². The molecule has 0 atom stereocenters. The zero-order valence-corrected chi connectivity index (χ0v) is 17.6. The summed E-state index contributed by atoms with van der Waals surface area (Å²) in [7, 11) is 6.82. The third kappa shape index (κ3) is 3.79. The zero-order chi connectivity index (χ0) is 20.4. The van der Waals surface area contributed by atoms with Crippen LogP contribution in [0.25, 0.3) is 6.08 Å². The number of amides is 1. The van der Waals surface area contributed by atoms with Crippen LogP contribution in [0.5, 0.6) is 17.2 Å². The number of carbonyl (C=O) groups excluding carboxylic acids is 1. The van der Waals surface area contributed by atoms with Crippen molar-refractivity contribution in [2.45, 2.75) is 0 Å². The predicted molar refractivity (Wildman–Crippen MR) is 118 cm³/mol. The second-order valence-electron chi connectivity index (χ2n) is 6.20. The molecular weight excluding hydrogens is 396 g/mol. The standard InChI is InChI=1S/C20H20N2O4S2/c1-21(2)13-5-7-14(8-6-13)22-19(24)17(28-20(22)27)11-12-9-15(25-3)18(23)16(10-12)26-4/h5-11,23H,1-4H3/b17-11-. The van der Waals surface area contributed by atoms with Crippen molar-refractivity contribution in [3.63, 3.8) is 0 Å². The van der Waals surface area contributed by atoms with E-state index < -0.39 is 0 Å². The molecule has 0 radical (unpaired) electrons. The number of phenolic OH excluding ortho intramolecular Hbond substituents is 1. The van der Waals surface area contributed by atoms with Gasteiger partial charge in [0.1, 0.15) is 0 Å². The molecule has 2 aromatic rings. The molecule has 1 N–H and O–H groups in total. The van der Waals surface area contributed by atoms with Crippen molar-refractivity contribution in [2.75, 3.05) is 38.1 Å². The summed E-state index contributed by atoms with van der Waals surface area (Å²) in [6, 6.07) is 10.9. The first kappa shape index (κ1) is 20.0. The molecule has 1 aliphatic heterocycles. The lowest BCUT2D eigenvalue weighted by atomic mass is 10.1. The number of thiocarbonyl (C=S) groups is 1. The highest BCUT2D eigenvalue weighted by atomic mass is 32.2. The van der Waals surface area contributed by atoms with E-state index in [1.54, 1.807) is 18.2 Å². The van der Waals surface area contributed by atoms with E-state index in [0.717, 1.165) is 11.4 Å². The molecule has 0 bridgehead atoms. The lowest BCUT2D eigenvalue weighted by Gasteiger charge is -2.17. The summed E-state index contributed by atoms with van der Waals surface area (Å²) < 4.78 is 10.8. The third-order valence-corrected chi connectivity index (χ3v) is 5.52. The second-order valence-corrected chi connectivity index (χ2v) is 7.88. The minimum Gasteiger partial charge on any atom is -0.502 e. The number of methoxy groups -OCH3 is 2. The monoisotopic (exact) mass is 416 g/mol. The van der Waals surface area contributed by atoms with Crippen molar-refractivity contribution in [3.05, 3.63) is 46.9 Å². The molecule has 1 heterocycles. The van der Waals surface area contributed by atoms with Crippen LogP contribution in [-0.4, -0.2) is 43.6 Å². The topological polar surface area (TPSA) is 62.2 Å². The van der Waals surface area contributed by atoms with Gasteiger partial charge in [0, 0.05) is 19.8 Å². The maximum atomic E-state index is 12.9. The van der Waals surface area contributed by atoms with E-state index in [9.17, 15) is 9.90 Å². The first-order chi connectivity index (χ1) is 13.3. The van der Waals surface area contributed by atoms with E-state index in [1.165, 1.54) is 30.9 Å². The average Bonchev–Trinajstić information content (AvgIpc) is 2.96. The molecule has 0 unspecified atom stereocenters. The molecule has 0 spiro atoms. The van der Waals surface area contributed by atoms with Gasteiger partial charge in [-0.3, -0.25) is 9.69 Å². The SMILES string of the molecule is COc1cc(/C=C2\SC(=S)N(c3ccc(N(C)C)cc3)C2=O)cc(OC)c1O. The number of benzene rings is 2. The highest BCUT2D eigenvalue weighted by Crippen LogP contribution is 2.40. The third-order valence-electron chi connectivity index (χ3n) is 4.22. The van der Waals surface area contributed by atoms with E-state index in [0.29, 0.717) is 14.8 Å². The summed E-state index contributed by atoms with van der Waals surface area (Å²) in [6.45, 7) is 0. The number of thioether (sulfide) groups is 1. The maximum Gasteiger partial charge on any atom is 0.270 e. The molecule has 6 nitrogen and oxygen atoms in total. The smallest absolute Gasteiger partial charge is 0.270 e. The Bertz CT molecular complexity index is 930. The van der Waals surface area contributed by atoms with Crippen LogP contribution < -0.4 is 19.3 Å². The van der Waals surface area contributed by atoms with Crippen LogP contribution in [-0.2, 0) is 4.79 Å². The van der Waals surface area contributed by atoms with Gasteiger partial charge < -0.3 is 19.5 Å². The normalized spacial score (nSPS) is 15.3. The van der Waals surface area contributed by atoms with Gasteiger partial charge in [-0.15, -0.1) is 0 Å². The Hall–Kier alpha value is -2.71. The molecule has 2 aromatic carbocycles. The number of hydrogen-bond donors (Lipinski definition) is 1. The number of ether oxygens (including phenoxy) is 2. The van der Waals surface area contributed by atoms with Gasteiger partial charge in [-0.25, -0.2) is 0 Å². The Morgan fingerprint density at radius 2 is 1.68 bits per heavy atom. The van der Waals surface area contributed by atoms with E-state index in [1.807, 2.05) is 43.3 Å². The minimum absolute atomic E-state index is 0.0873. The van der Waals surface area contributed by atoms with Crippen molar-refractivity contribution in [1.29, 1.82) is 0 Å². The summed E-state index contributed by atoms with van der Waals surface area (Å²) in [5, 5.41) is 10.0. The Labute approximate surface area is 173 Å². The molecule has 0 saturated carbocycles. The van der Waals surface area contributed by atoms with Gasteiger partial charge in [0.15, 0.2) is 15.8 Å². The van der Waals surface area contributed by atoms with Gasteiger partial charge in [-0.05, 0) is 48.0 Å². The number of phenols is 1. The number of carbonyl (C=O) groups is 1. The molecule has 1 saturated heterocycles. The van der Waals surface area contributed by atoms with Crippen molar-refractivity contribution < 1.29 is 19.4 Å². The number of rotatable bonds is 5. The molecule has 0 aromatic heterocycles. The van der Waals surface area contributed by atoms with Crippen LogP contribution in [0.15, 0.2) is 41.3 Å². The van der Waals surface area contributed by atoms with Crippen LogP contribution in [0.2, 0.25) is 0 Å². The van der Waals surface area contributed by atoms with Gasteiger partial charge in [0.05, 0.1) is 24.8 Å². The fourth-order valence-corrected chi connectivity index (χ4v) is 4.04. The van der Waals surface area contributed by atoms with Gasteiger partial charge in [-0.2, -0.15) is 0 Å². The van der Waals surface area contributed by atoms with Gasteiger partial charge in [0.2, 0.25) is 5.75 Å². The molecule has 1 amide bonds. The lowest BCUT2D eigenvalue weighted by Crippen LogP contribution is -2.27. The largest absolute Gasteiger partial charge is 0.502 e. The summed E-state index contributed by atoms with van der Waals surface area (Å²) in [4.78, 5) is 16.9. The molecular formula is C20H20N2O4S2. The molecule has 0 aliphatic carbocycles. The van der Waals surface area contributed by atoms with Crippen molar-refractivity contribution in [1.82, 2.24) is 0 Å². The Morgan fingerprint density at radius 3 is 2.18 bits per heavy atom. The van der Waals surface area contributed by atoms with E-state index in [4.69, 9.17) is 21.7 Å². The number of nitrogens with zero attached hydrogens (tertiary/aromatic N) is 2. The van der Waals surface area contributed by atoms with Crippen LogP contribution in [0.1, 0.15) is 5.56 Å². The van der Waals surface area contributed by atoms with Crippen LogP contribution in [0, 0.1) is 0 Å². The number of aromatic hydroxyl groups is 1. The van der Waals surface area contributed by atoms with Crippen molar-refractivity contribution in [3.8, 4) is 17.2 Å². The van der Waals surface area contributed by atoms with E-state index in [-0.39, 0.29) is 23.2 Å². The molecule has 1 fully saturated rings. The van der Waals surface area contributed by atoms with Crippen LogP contribution in [0.4, 0.5) is 11.4 Å². The fourth-order valence-electron chi connectivity index (χ4n) is 2.74. The van der Waals surface area contributed by atoms with Crippen LogP contribution in [0.3, 0.4) is 0 Å². The molecule has 8 heteroatoms.